The number of hydrogen-bond acceptors (Lipinski definition) is 5. The normalized spacial score (nSPS) is 17.2. The second-order valence-electron chi connectivity index (χ2n) is 9.79. The molecule has 1 amide bonds. The zero-order valence-corrected chi connectivity index (χ0v) is 21.2. The Hall–Kier alpha value is -3.22. The van der Waals surface area contributed by atoms with Gasteiger partial charge in [0, 0.05) is 23.7 Å². The molecule has 2 heterocycles. The fourth-order valence-corrected chi connectivity index (χ4v) is 5.20. The zero-order valence-electron chi connectivity index (χ0n) is 20.5. The van der Waals surface area contributed by atoms with E-state index in [1.165, 1.54) is 16.3 Å². The summed E-state index contributed by atoms with van der Waals surface area (Å²) in [5.74, 6) is 1.53. The molecule has 2 unspecified atom stereocenters. The molecule has 7 heteroatoms. The molecule has 1 aliphatic rings. The number of carbonyl (C=O) groups excluding carboxylic acids is 1. The summed E-state index contributed by atoms with van der Waals surface area (Å²) >= 11 is 6.08. The van der Waals surface area contributed by atoms with Crippen molar-refractivity contribution >= 4 is 28.3 Å². The Morgan fingerprint density at radius 3 is 2.89 bits per heavy atom. The van der Waals surface area contributed by atoms with E-state index in [0.717, 1.165) is 31.4 Å². The quantitative estimate of drug-likeness (QED) is 0.332. The van der Waals surface area contributed by atoms with E-state index in [2.05, 4.69) is 69.7 Å². The van der Waals surface area contributed by atoms with Gasteiger partial charge in [-0.1, -0.05) is 78.3 Å². The minimum atomic E-state index is -0.0289. The molecule has 6 nitrogen and oxygen atoms in total. The van der Waals surface area contributed by atoms with Crippen molar-refractivity contribution in [2.24, 2.45) is 11.8 Å². The number of hydrogen-bond donors (Lipinski definition) is 1. The van der Waals surface area contributed by atoms with E-state index in [4.69, 9.17) is 16.1 Å². The van der Waals surface area contributed by atoms with E-state index in [0.29, 0.717) is 42.3 Å². The summed E-state index contributed by atoms with van der Waals surface area (Å²) in [6, 6.07) is 22.3. The highest BCUT2D eigenvalue weighted by molar-refractivity contribution is 6.30. The van der Waals surface area contributed by atoms with Gasteiger partial charge in [0.25, 0.3) is 0 Å². The molecule has 3 aromatic carbocycles. The van der Waals surface area contributed by atoms with Gasteiger partial charge in [0.15, 0.2) is 0 Å². The number of nitrogens with zero attached hydrogens (tertiary/aromatic N) is 3. The lowest BCUT2D eigenvalue weighted by molar-refractivity contribution is -0.127. The highest BCUT2D eigenvalue weighted by Gasteiger charge is 2.27. The van der Waals surface area contributed by atoms with Crippen molar-refractivity contribution in [2.75, 3.05) is 19.6 Å². The molecule has 2 atom stereocenters. The fourth-order valence-electron chi connectivity index (χ4n) is 5.01. The van der Waals surface area contributed by atoms with Crippen molar-refractivity contribution in [2.45, 2.75) is 32.7 Å². The smallest absolute Gasteiger partial charge is 0.241 e. The summed E-state index contributed by atoms with van der Waals surface area (Å²) < 4.78 is 5.48. The van der Waals surface area contributed by atoms with Gasteiger partial charge in [-0.2, -0.15) is 4.98 Å². The van der Waals surface area contributed by atoms with Crippen molar-refractivity contribution in [3.05, 3.63) is 83.2 Å². The van der Waals surface area contributed by atoms with Crippen LogP contribution in [-0.2, 0) is 17.8 Å². The van der Waals surface area contributed by atoms with E-state index in [1.807, 2.05) is 24.3 Å². The third-order valence-electron chi connectivity index (χ3n) is 6.86. The number of rotatable bonds is 8. The number of piperidine rings is 1. The van der Waals surface area contributed by atoms with Crippen molar-refractivity contribution in [1.82, 2.24) is 20.4 Å². The van der Waals surface area contributed by atoms with Gasteiger partial charge < -0.3 is 9.84 Å². The molecule has 0 spiro atoms. The van der Waals surface area contributed by atoms with Crippen molar-refractivity contribution in [1.29, 1.82) is 0 Å². The lowest BCUT2D eigenvalue weighted by Gasteiger charge is -2.31. The summed E-state index contributed by atoms with van der Waals surface area (Å²) in [4.78, 5) is 19.7. The molecule has 0 bridgehead atoms. The zero-order chi connectivity index (χ0) is 24.9. The second-order valence-corrected chi connectivity index (χ2v) is 10.2. The summed E-state index contributed by atoms with van der Waals surface area (Å²) in [5.41, 5.74) is 2.15. The second kappa shape index (κ2) is 11.2. The average molecular weight is 503 g/mol. The van der Waals surface area contributed by atoms with Crippen LogP contribution < -0.4 is 5.32 Å². The van der Waals surface area contributed by atoms with Crippen LogP contribution >= 0.6 is 11.6 Å². The first kappa shape index (κ1) is 24.5. The van der Waals surface area contributed by atoms with Crippen LogP contribution in [0.1, 0.15) is 31.2 Å². The molecule has 1 N–H and O–H groups in total. The molecule has 36 heavy (non-hydrogen) atoms. The number of fused-ring (bicyclic) bond motifs is 1. The van der Waals surface area contributed by atoms with Crippen LogP contribution in [0, 0.1) is 11.8 Å². The highest BCUT2D eigenvalue weighted by atomic mass is 35.5. The Morgan fingerprint density at radius 2 is 2.00 bits per heavy atom. The number of carbonyl (C=O) groups is 1. The predicted octanol–water partition coefficient (Wildman–Crippen LogP) is 5.75. The fraction of sp³-hybridized carbons (Fsp3) is 0.345. The molecule has 1 aliphatic heterocycles. The molecular formula is C29H31ClN4O2. The summed E-state index contributed by atoms with van der Waals surface area (Å²) in [6.45, 7) is 5.01. The summed E-state index contributed by atoms with van der Waals surface area (Å²) in [5, 5.41) is 10.5. The van der Waals surface area contributed by atoms with Gasteiger partial charge in [0.2, 0.25) is 17.6 Å². The van der Waals surface area contributed by atoms with Gasteiger partial charge in [-0.25, -0.2) is 0 Å². The first-order valence-corrected chi connectivity index (χ1v) is 13.0. The molecule has 0 aliphatic carbocycles. The number of benzene rings is 3. The van der Waals surface area contributed by atoms with Gasteiger partial charge in [0.1, 0.15) is 0 Å². The Labute approximate surface area is 216 Å². The average Bonchev–Trinajstić information content (AvgIpc) is 3.36. The molecule has 4 aromatic rings. The number of aromatic nitrogens is 2. The first-order valence-electron chi connectivity index (χ1n) is 12.6. The number of amides is 1. The third kappa shape index (κ3) is 5.94. The maximum atomic E-state index is 13.0. The van der Waals surface area contributed by atoms with E-state index >= 15 is 0 Å². The molecule has 1 fully saturated rings. The van der Waals surface area contributed by atoms with E-state index in [-0.39, 0.29) is 11.8 Å². The predicted molar refractivity (Wildman–Crippen MR) is 143 cm³/mol. The third-order valence-corrected chi connectivity index (χ3v) is 7.09. The summed E-state index contributed by atoms with van der Waals surface area (Å²) in [7, 11) is 0. The van der Waals surface area contributed by atoms with Crippen LogP contribution in [0.15, 0.2) is 71.3 Å². The number of nitrogens with one attached hydrogen (secondary N) is 1. The van der Waals surface area contributed by atoms with E-state index < -0.39 is 0 Å². The van der Waals surface area contributed by atoms with Gasteiger partial charge in [-0.3, -0.25) is 9.69 Å². The van der Waals surface area contributed by atoms with Crippen LogP contribution in [0.3, 0.4) is 0 Å². The maximum Gasteiger partial charge on any atom is 0.241 e. The Morgan fingerprint density at radius 1 is 1.17 bits per heavy atom. The molecular weight excluding hydrogens is 472 g/mol. The molecule has 0 saturated carbocycles. The topological polar surface area (TPSA) is 71.3 Å². The van der Waals surface area contributed by atoms with Gasteiger partial charge in [-0.05, 0) is 60.2 Å². The maximum absolute atomic E-state index is 13.0. The molecule has 0 radical (unpaired) electrons. The van der Waals surface area contributed by atoms with Crippen molar-refractivity contribution in [3.63, 3.8) is 0 Å². The van der Waals surface area contributed by atoms with Crippen LogP contribution in [-0.4, -0.2) is 40.6 Å². The largest absolute Gasteiger partial charge is 0.356 e. The van der Waals surface area contributed by atoms with Crippen LogP contribution in [0.5, 0.6) is 0 Å². The SMILES string of the molecule is CC(CNC(=O)C1CCCN(Cc2nc(-c3cccc(Cl)c3)no2)C1)Cc1cccc2ccccc12. The van der Waals surface area contributed by atoms with Crippen LogP contribution in [0.2, 0.25) is 5.02 Å². The lowest BCUT2D eigenvalue weighted by atomic mass is 9.94. The number of likely N-dealkylation sites (tertiary alicyclic amines) is 1. The monoisotopic (exact) mass is 502 g/mol. The molecule has 5 rings (SSSR count). The number of halogens is 1. The van der Waals surface area contributed by atoms with Gasteiger partial charge in [-0.15, -0.1) is 0 Å². The van der Waals surface area contributed by atoms with E-state index in [9.17, 15) is 4.79 Å². The molecule has 1 saturated heterocycles. The Kier molecular flexibility index (Phi) is 7.63. The van der Waals surface area contributed by atoms with Gasteiger partial charge >= 0.3 is 0 Å². The van der Waals surface area contributed by atoms with Crippen LogP contribution in [0.4, 0.5) is 0 Å². The Balaban J connectivity index is 1.12. The molecule has 1 aromatic heterocycles. The Bertz CT molecular complexity index is 1330. The first-order chi connectivity index (χ1) is 17.5. The molecule has 186 valence electrons. The van der Waals surface area contributed by atoms with E-state index in [1.54, 1.807) is 0 Å². The lowest BCUT2D eigenvalue weighted by Crippen LogP contribution is -2.43. The highest BCUT2D eigenvalue weighted by Crippen LogP contribution is 2.23. The van der Waals surface area contributed by atoms with Crippen molar-refractivity contribution in [3.8, 4) is 11.4 Å². The van der Waals surface area contributed by atoms with Crippen LogP contribution in [0.25, 0.3) is 22.2 Å². The standard InChI is InChI=1S/C29H31ClN4O2/c1-20(15-22-9-4-8-21-7-2-3-13-26(21)22)17-31-29(35)24-11-6-14-34(18-24)19-27-32-28(33-36-27)23-10-5-12-25(30)16-23/h2-5,7-10,12-13,16,20,24H,6,11,14-15,17-19H2,1H3,(H,31,35). The van der Waals surface area contributed by atoms with Crippen molar-refractivity contribution < 1.29 is 9.32 Å². The minimum absolute atomic E-state index is 0.0289. The summed E-state index contributed by atoms with van der Waals surface area (Å²) in [6.07, 6.45) is 2.81. The van der Waals surface area contributed by atoms with Gasteiger partial charge in [0.05, 0.1) is 12.5 Å². The minimum Gasteiger partial charge on any atom is -0.356 e.